The number of benzene rings is 2. The molecule has 0 atom stereocenters. The van der Waals surface area contributed by atoms with Crippen molar-refractivity contribution in [2.24, 2.45) is 0 Å². The largest absolute Gasteiger partial charge is 0.461 e. The summed E-state index contributed by atoms with van der Waals surface area (Å²) >= 11 is 11.7. The Balaban J connectivity index is 1.74. The molecule has 0 bridgehead atoms. The summed E-state index contributed by atoms with van der Waals surface area (Å²) < 4.78 is 31.1. The van der Waals surface area contributed by atoms with Gasteiger partial charge in [0.2, 0.25) is 10.0 Å². The molecule has 2 rings (SSSR count). The average Bonchev–Trinajstić information content (AvgIpc) is 2.62. The topological polar surface area (TPSA) is 72.5 Å². The minimum atomic E-state index is -3.62. The van der Waals surface area contributed by atoms with Crippen molar-refractivity contribution in [2.75, 3.05) is 6.54 Å². The second kappa shape index (κ2) is 9.73. The first-order valence-corrected chi connectivity index (χ1v) is 9.98. The zero-order chi connectivity index (χ0) is 19.0. The fourth-order valence-electron chi connectivity index (χ4n) is 1.94. The first-order chi connectivity index (χ1) is 12.4. The van der Waals surface area contributed by atoms with Crippen LogP contribution in [0.25, 0.3) is 6.08 Å². The Labute approximate surface area is 162 Å². The predicted molar refractivity (Wildman–Crippen MR) is 103 cm³/mol. The van der Waals surface area contributed by atoms with E-state index in [2.05, 4.69) is 4.72 Å². The Kier molecular flexibility index (Phi) is 7.66. The maximum atomic E-state index is 11.9. The molecule has 0 heterocycles. The van der Waals surface area contributed by atoms with Gasteiger partial charge in [-0.2, -0.15) is 0 Å². The number of carbonyl (C=O) groups is 1. The van der Waals surface area contributed by atoms with Crippen LogP contribution in [-0.4, -0.2) is 20.9 Å². The molecule has 0 radical (unpaired) electrons. The van der Waals surface area contributed by atoms with Gasteiger partial charge in [0.25, 0.3) is 0 Å². The molecular weight excluding hydrogens is 397 g/mol. The first-order valence-electron chi connectivity index (χ1n) is 7.68. The van der Waals surface area contributed by atoms with Crippen LogP contribution < -0.4 is 4.72 Å². The van der Waals surface area contributed by atoms with Crippen LogP contribution in [0.15, 0.2) is 53.9 Å². The van der Waals surface area contributed by atoms with Gasteiger partial charge in [-0.1, -0.05) is 59.6 Å². The molecule has 0 saturated carbocycles. The third-order valence-corrected chi connectivity index (χ3v) is 5.10. The number of halogens is 2. The third kappa shape index (κ3) is 7.17. The molecule has 8 heteroatoms. The van der Waals surface area contributed by atoms with Gasteiger partial charge in [-0.25, -0.2) is 13.1 Å². The van der Waals surface area contributed by atoms with Crippen LogP contribution in [0.3, 0.4) is 0 Å². The number of ether oxygens (including phenoxy) is 1. The number of sulfonamides is 1. The molecule has 2 aromatic rings. The average molecular weight is 414 g/mol. The summed E-state index contributed by atoms with van der Waals surface area (Å²) in [4.78, 5) is 11.7. The Morgan fingerprint density at radius 3 is 2.50 bits per heavy atom. The summed E-state index contributed by atoms with van der Waals surface area (Å²) in [7, 11) is -3.62. The van der Waals surface area contributed by atoms with Crippen LogP contribution in [0, 0.1) is 0 Å². The molecular formula is C18H17Cl2NO4S. The summed E-state index contributed by atoms with van der Waals surface area (Å²) in [6.07, 6.45) is 1.39. The molecule has 0 amide bonds. The minimum absolute atomic E-state index is 0.0381. The highest BCUT2D eigenvalue weighted by molar-refractivity contribution is 7.92. The number of rotatable bonds is 8. The van der Waals surface area contributed by atoms with Crippen LogP contribution in [0.5, 0.6) is 0 Å². The molecule has 2 aromatic carbocycles. The summed E-state index contributed by atoms with van der Waals surface area (Å²) in [6.45, 7) is -0.0158. The fourth-order valence-corrected chi connectivity index (χ4v) is 3.08. The third-order valence-electron chi connectivity index (χ3n) is 3.26. The van der Waals surface area contributed by atoms with Crippen LogP contribution in [0.4, 0.5) is 0 Å². The molecule has 0 fully saturated rings. The van der Waals surface area contributed by atoms with E-state index in [0.717, 1.165) is 11.0 Å². The van der Waals surface area contributed by atoms with Crippen LogP contribution in [-0.2, 0) is 26.2 Å². The maximum absolute atomic E-state index is 11.9. The van der Waals surface area contributed by atoms with Crippen molar-refractivity contribution in [1.82, 2.24) is 4.72 Å². The molecule has 138 valence electrons. The molecule has 0 spiro atoms. The number of hydrogen-bond donors (Lipinski definition) is 1. The SMILES string of the molecule is O=C(CCNS(=O)(=O)/C=C/c1ccccc1)OCc1ccc(Cl)c(Cl)c1. The Hall–Kier alpha value is -1.86. The van der Waals surface area contributed by atoms with E-state index in [1.54, 1.807) is 30.3 Å². The molecule has 1 N–H and O–H groups in total. The van der Waals surface area contributed by atoms with Gasteiger partial charge in [-0.05, 0) is 29.3 Å². The minimum Gasteiger partial charge on any atom is -0.461 e. The molecule has 0 saturated heterocycles. The fraction of sp³-hybridized carbons (Fsp3) is 0.167. The lowest BCUT2D eigenvalue weighted by Gasteiger charge is -2.06. The quantitative estimate of drug-likeness (QED) is 0.663. The number of carbonyl (C=O) groups excluding carboxylic acids is 1. The molecule has 0 aliphatic rings. The molecule has 0 unspecified atom stereocenters. The predicted octanol–water partition coefficient (Wildman–Crippen LogP) is 4.02. The van der Waals surface area contributed by atoms with Crippen molar-refractivity contribution in [2.45, 2.75) is 13.0 Å². The summed E-state index contributed by atoms with van der Waals surface area (Å²) in [5.74, 6) is -0.522. The highest BCUT2D eigenvalue weighted by atomic mass is 35.5. The van der Waals surface area contributed by atoms with E-state index >= 15 is 0 Å². The maximum Gasteiger partial charge on any atom is 0.307 e. The van der Waals surface area contributed by atoms with Crippen molar-refractivity contribution in [3.8, 4) is 0 Å². The molecule has 0 aliphatic carbocycles. The van der Waals surface area contributed by atoms with E-state index in [1.807, 2.05) is 18.2 Å². The van der Waals surface area contributed by atoms with Crippen molar-refractivity contribution >= 4 is 45.3 Å². The van der Waals surface area contributed by atoms with Crippen molar-refractivity contribution in [1.29, 1.82) is 0 Å². The lowest BCUT2D eigenvalue weighted by atomic mass is 10.2. The van der Waals surface area contributed by atoms with E-state index in [0.29, 0.717) is 15.6 Å². The normalized spacial score (nSPS) is 11.6. The Morgan fingerprint density at radius 2 is 1.81 bits per heavy atom. The molecule has 26 heavy (non-hydrogen) atoms. The van der Waals surface area contributed by atoms with Crippen LogP contribution in [0.2, 0.25) is 10.0 Å². The molecule has 5 nitrogen and oxygen atoms in total. The standard InChI is InChI=1S/C18H17Cl2NO4S/c19-16-7-6-15(12-17(16)20)13-25-18(22)8-10-21-26(23,24)11-9-14-4-2-1-3-5-14/h1-7,9,11-12,21H,8,10,13H2/b11-9+. The van der Waals surface area contributed by atoms with Gasteiger partial charge in [0, 0.05) is 12.0 Å². The smallest absolute Gasteiger partial charge is 0.307 e. The van der Waals surface area contributed by atoms with Gasteiger partial charge in [0.1, 0.15) is 6.61 Å². The van der Waals surface area contributed by atoms with Crippen LogP contribution >= 0.6 is 23.2 Å². The Morgan fingerprint density at radius 1 is 1.08 bits per heavy atom. The van der Waals surface area contributed by atoms with Gasteiger partial charge >= 0.3 is 5.97 Å². The zero-order valence-electron chi connectivity index (χ0n) is 13.7. The monoisotopic (exact) mass is 413 g/mol. The number of nitrogens with one attached hydrogen (secondary N) is 1. The lowest BCUT2D eigenvalue weighted by molar-refractivity contribution is -0.144. The van der Waals surface area contributed by atoms with E-state index in [4.69, 9.17) is 27.9 Å². The van der Waals surface area contributed by atoms with E-state index < -0.39 is 16.0 Å². The first kappa shape index (κ1) is 20.5. The zero-order valence-corrected chi connectivity index (χ0v) is 16.0. The van der Waals surface area contributed by atoms with Gasteiger partial charge in [0.15, 0.2) is 0 Å². The van der Waals surface area contributed by atoms with Gasteiger partial charge < -0.3 is 4.74 Å². The van der Waals surface area contributed by atoms with E-state index in [9.17, 15) is 13.2 Å². The van der Waals surface area contributed by atoms with Gasteiger partial charge in [0.05, 0.1) is 16.5 Å². The second-order valence-corrected chi connectivity index (χ2v) is 7.78. The highest BCUT2D eigenvalue weighted by Crippen LogP contribution is 2.22. The second-order valence-electron chi connectivity index (χ2n) is 5.31. The van der Waals surface area contributed by atoms with Gasteiger partial charge in [-0.3, -0.25) is 4.79 Å². The van der Waals surface area contributed by atoms with Crippen molar-refractivity contribution in [3.05, 3.63) is 75.1 Å². The summed E-state index contributed by atoms with van der Waals surface area (Å²) in [5.41, 5.74) is 1.46. The number of hydrogen-bond acceptors (Lipinski definition) is 4. The van der Waals surface area contributed by atoms with E-state index in [-0.39, 0.29) is 19.6 Å². The highest BCUT2D eigenvalue weighted by Gasteiger charge is 2.09. The molecule has 0 aromatic heterocycles. The van der Waals surface area contributed by atoms with Crippen molar-refractivity contribution in [3.63, 3.8) is 0 Å². The summed E-state index contributed by atoms with van der Waals surface area (Å²) in [6, 6.07) is 13.9. The molecule has 0 aliphatic heterocycles. The van der Waals surface area contributed by atoms with Gasteiger partial charge in [-0.15, -0.1) is 0 Å². The van der Waals surface area contributed by atoms with E-state index in [1.165, 1.54) is 6.08 Å². The van der Waals surface area contributed by atoms with Crippen molar-refractivity contribution < 1.29 is 17.9 Å². The Bertz CT molecular complexity index is 883. The number of esters is 1. The summed E-state index contributed by atoms with van der Waals surface area (Å²) in [5, 5.41) is 1.85. The van der Waals surface area contributed by atoms with Crippen LogP contribution in [0.1, 0.15) is 17.5 Å². The lowest BCUT2D eigenvalue weighted by Crippen LogP contribution is -2.24.